The quantitative estimate of drug-likeness (QED) is 0.530. The van der Waals surface area contributed by atoms with Crippen LogP contribution in [0.4, 0.5) is 0 Å². The Kier molecular flexibility index (Phi) is 7.90. The first-order valence-electron chi connectivity index (χ1n) is 8.71. The monoisotopic (exact) mass is 399 g/mol. The molecule has 2 aromatic carbocycles. The van der Waals surface area contributed by atoms with Crippen molar-refractivity contribution in [2.75, 3.05) is 20.8 Å². The minimum absolute atomic E-state index is 0.166. The first-order valence-corrected chi connectivity index (χ1v) is 8.71. The molecule has 8 heteroatoms. The van der Waals surface area contributed by atoms with Crippen LogP contribution >= 0.6 is 0 Å². The molecule has 0 bridgehead atoms. The molecule has 0 saturated carbocycles. The maximum Gasteiger partial charge on any atom is 0.338 e. The Hall–Kier alpha value is -3.68. The Labute approximate surface area is 167 Å². The number of nitrogens with one attached hydrogen (secondary N) is 1. The van der Waals surface area contributed by atoms with E-state index in [-0.39, 0.29) is 17.5 Å². The molecule has 152 valence electrons. The van der Waals surface area contributed by atoms with E-state index in [0.717, 1.165) is 5.56 Å². The summed E-state index contributed by atoms with van der Waals surface area (Å²) in [6.45, 7) is -0.570. The topological polar surface area (TPSA) is 108 Å². The molecule has 0 spiro atoms. The molecular formula is C21H21NO7. The molecule has 0 saturated heterocycles. The smallest absolute Gasteiger partial charge is 0.338 e. The number of methoxy groups -OCH3 is 2. The van der Waals surface area contributed by atoms with Crippen molar-refractivity contribution >= 4 is 23.8 Å². The Bertz CT molecular complexity index is 862. The van der Waals surface area contributed by atoms with Gasteiger partial charge in [-0.1, -0.05) is 30.3 Å². The van der Waals surface area contributed by atoms with Gasteiger partial charge in [0.25, 0.3) is 5.91 Å². The predicted molar refractivity (Wildman–Crippen MR) is 102 cm³/mol. The molecule has 0 aliphatic carbocycles. The normalized spacial score (nSPS) is 11.1. The second kappa shape index (κ2) is 10.6. The predicted octanol–water partition coefficient (Wildman–Crippen LogP) is 1.53. The van der Waals surface area contributed by atoms with Crippen molar-refractivity contribution in [2.24, 2.45) is 0 Å². The van der Waals surface area contributed by atoms with Gasteiger partial charge in [0.2, 0.25) is 0 Å². The summed E-state index contributed by atoms with van der Waals surface area (Å²) in [7, 11) is 2.48. The van der Waals surface area contributed by atoms with Gasteiger partial charge in [0, 0.05) is 6.42 Å². The third-order valence-electron chi connectivity index (χ3n) is 3.98. The van der Waals surface area contributed by atoms with Crippen LogP contribution in [0.15, 0.2) is 54.6 Å². The van der Waals surface area contributed by atoms with Gasteiger partial charge in [0.15, 0.2) is 6.61 Å². The first-order chi connectivity index (χ1) is 13.9. The average Bonchev–Trinajstić information content (AvgIpc) is 2.76. The minimum Gasteiger partial charge on any atom is -0.467 e. The molecule has 1 N–H and O–H groups in total. The second-order valence-corrected chi connectivity index (χ2v) is 5.98. The highest BCUT2D eigenvalue weighted by Gasteiger charge is 2.22. The van der Waals surface area contributed by atoms with Crippen molar-refractivity contribution in [3.63, 3.8) is 0 Å². The van der Waals surface area contributed by atoms with E-state index in [2.05, 4.69) is 10.1 Å². The molecule has 1 atom stereocenters. The van der Waals surface area contributed by atoms with E-state index in [9.17, 15) is 19.2 Å². The fourth-order valence-corrected chi connectivity index (χ4v) is 2.50. The molecule has 1 unspecified atom stereocenters. The Balaban J connectivity index is 1.91. The molecule has 8 nitrogen and oxygen atoms in total. The lowest BCUT2D eigenvalue weighted by Crippen LogP contribution is -2.44. The largest absolute Gasteiger partial charge is 0.467 e. The maximum absolute atomic E-state index is 12.1. The van der Waals surface area contributed by atoms with Crippen LogP contribution in [-0.4, -0.2) is 50.7 Å². The van der Waals surface area contributed by atoms with Crippen molar-refractivity contribution in [1.82, 2.24) is 5.32 Å². The fraction of sp³-hybridized carbons (Fsp3) is 0.238. The number of esters is 3. The maximum atomic E-state index is 12.1. The highest BCUT2D eigenvalue weighted by molar-refractivity contribution is 5.94. The summed E-state index contributed by atoms with van der Waals surface area (Å²) in [5, 5.41) is 2.50. The molecule has 2 rings (SSSR count). The van der Waals surface area contributed by atoms with E-state index < -0.39 is 36.5 Å². The number of rotatable bonds is 8. The van der Waals surface area contributed by atoms with Crippen molar-refractivity contribution in [2.45, 2.75) is 12.5 Å². The summed E-state index contributed by atoms with van der Waals surface area (Å²) < 4.78 is 14.3. The SMILES string of the molecule is COC(=O)c1ccc(C(=O)OCC(=O)NC(Cc2ccccc2)C(=O)OC)cc1. The molecule has 0 aliphatic rings. The van der Waals surface area contributed by atoms with Crippen LogP contribution in [0.5, 0.6) is 0 Å². The average molecular weight is 399 g/mol. The molecule has 1 amide bonds. The van der Waals surface area contributed by atoms with Gasteiger partial charge >= 0.3 is 17.9 Å². The fourth-order valence-electron chi connectivity index (χ4n) is 2.50. The second-order valence-electron chi connectivity index (χ2n) is 5.98. The summed E-state index contributed by atoms with van der Waals surface area (Å²) in [6, 6.07) is 13.8. The zero-order chi connectivity index (χ0) is 21.2. The summed E-state index contributed by atoms with van der Waals surface area (Å²) >= 11 is 0. The van der Waals surface area contributed by atoms with E-state index >= 15 is 0 Å². The van der Waals surface area contributed by atoms with Gasteiger partial charge in [-0.15, -0.1) is 0 Å². The van der Waals surface area contributed by atoms with Gasteiger partial charge in [-0.05, 0) is 29.8 Å². The van der Waals surface area contributed by atoms with Gasteiger partial charge in [-0.3, -0.25) is 4.79 Å². The van der Waals surface area contributed by atoms with Crippen LogP contribution in [0, 0.1) is 0 Å². The third kappa shape index (κ3) is 6.46. The summed E-state index contributed by atoms with van der Waals surface area (Å²) in [6.07, 6.45) is 0.238. The van der Waals surface area contributed by atoms with Crippen molar-refractivity contribution in [3.8, 4) is 0 Å². The van der Waals surface area contributed by atoms with Crippen LogP contribution in [-0.2, 0) is 30.2 Å². The standard InChI is InChI=1S/C21H21NO7/c1-27-19(24)15-8-10-16(11-9-15)20(25)29-13-18(23)22-17(21(26)28-2)12-14-6-4-3-5-7-14/h3-11,17H,12-13H2,1-2H3,(H,22,23). The lowest BCUT2D eigenvalue weighted by atomic mass is 10.1. The molecule has 0 heterocycles. The van der Waals surface area contributed by atoms with Crippen molar-refractivity contribution in [1.29, 1.82) is 0 Å². The number of hydrogen-bond donors (Lipinski definition) is 1. The number of benzene rings is 2. The highest BCUT2D eigenvalue weighted by Crippen LogP contribution is 2.08. The van der Waals surface area contributed by atoms with Gasteiger partial charge in [-0.25, -0.2) is 14.4 Å². The molecule has 0 radical (unpaired) electrons. The highest BCUT2D eigenvalue weighted by atomic mass is 16.5. The van der Waals surface area contributed by atoms with E-state index in [4.69, 9.17) is 9.47 Å². The number of carbonyl (C=O) groups is 4. The van der Waals surface area contributed by atoms with Crippen LogP contribution < -0.4 is 5.32 Å². The number of carbonyl (C=O) groups excluding carboxylic acids is 4. The van der Waals surface area contributed by atoms with E-state index in [1.54, 1.807) is 0 Å². The van der Waals surface area contributed by atoms with Gasteiger partial charge in [0.05, 0.1) is 25.3 Å². The van der Waals surface area contributed by atoms with Crippen LogP contribution in [0.2, 0.25) is 0 Å². The summed E-state index contributed by atoms with van der Waals surface area (Å²) in [4.78, 5) is 47.5. The first kappa shape index (κ1) is 21.6. The molecule has 0 aromatic heterocycles. The van der Waals surface area contributed by atoms with Crippen molar-refractivity contribution in [3.05, 3.63) is 71.3 Å². The van der Waals surface area contributed by atoms with Crippen molar-refractivity contribution < 1.29 is 33.4 Å². The van der Waals surface area contributed by atoms with Crippen LogP contribution in [0.1, 0.15) is 26.3 Å². The molecule has 29 heavy (non-hydrogen) atoms. The van der Waals surface area contributed by atoms with Gasteiger partial charge < -0.3 is 19.5 Å². The molecular weight excluding hydrogens is 378 g/mol. The lowest BCUT2D eigenvalue weighted by Gasteiger charge is -2.16. The lowest BCUT2D eigenvalue weighted by molar-refractivity contribution is -0.145. The Morgan fingerprint density at radius 1 is 0.828 bits per heavy atom. The number of ether oxygens (including phenoxy) is 3. The zero-order valence-corrected chi connectivity index (χ0v) is 16.0. The molecule has 2 aromatic rings. The van der Waals surface area contributed by atoms with E-state index in [1.165, 1.54) is 38.5 Å². The summed E-state index contributed by atoms with van der Waals surface area (Å²) in [5.41, 5.74) is 1.29. The van der Waals surface area contributed by atoms with E-state index in [1.807, 2.05) is 30.3 Å². The number of amides is 1. The molecule has 0 fully saturated rings. The third-order valence-corrected chi connectivity index (χ3v) is 3.98. The molecule has 0 aliphatic heterocycles. The van der Waals surface area contributed by atoms with Crippen LogP contribution in [0.3, 0.4) is 0 Å². The zero-order valence-electron chi connectivity index (χ0n) is 16.0. The Morgan fingerprint density at radius 3 is 1.97 bits per heavy atom. The summed E-state index contributed by atoms with van der Waals surface area (Å²) in [5.74, 6) is -2.52. The minimum atomic E-state index is -0.909. The van der Waals surface area contributed by atoms with Crippen LogP contribution in [0.25, 0.3) is 0 Å². The van der Waals surface area contributed by atoms with Gasteiger partial charge in [0.1, 0.15) is 6.04 Å². The Morgan fingerprint density at radius 2 is 1.41 bits per heavy atom. The van der Waals surface area contributed by atoms with Gasteiger partial charge in [-0.2, -0.15) is 0 Å². The van der Waals surface area contributed by atoms with E-state index in [0.29, 0.717) is 0 Å². The number of hydrogen-bond acceptors (Lipinski definition) is 7.